The molecule has 2 heterocycles. The number of carbonyl (C=O) groups is 2. The van der Waals surface area contributed by atoms with E-state index in [1.54, 1.807) is 4.90 Å². The average Bonchev–Trinajstić information content (AvgIpc) is 2.99. The van der Waals surface area contributed by atoms with Gasteiger partial charge in [0.1, 0.15) is 0 Å². The van der Waals surface area contributed by atoms with Crippen LogP contribution in [0.2, 0.25) is 0 Å². The van der Waals surface area contributed by atoms with Gasteiger partial charge in [0.15, 0.2) is 0 Å². The molecule has 1 atom stereocenters. The summed E-state index contributed by atoms with van der Waals surface area (Å²) in [5.41, 5.74) is 0. The Bertz CT molecular complexity index is 348. The lowest BCUT2D eigenvalue weighted by molar-refractivity contribution is -0.122. The van der Waals surface area contributed by atoms with E-state index < -0.39 is 0 Å². The van der Waals surface area contributed by atoms with Gasteiger partial charge in [-0.15, -0.1) is 0 Å². The van der Waals surface area contributed by atoms with E-state index in [1.165, 1.54) is 6.42 Å². The molecule has 0 aromatic rings. The van der Waals surface area contributed by atoms with Gasteiger partial charge in [0, 0.05) is 25.6 Å². The van der Waals surface area contributed by atoms with Crippen molar-refractivity contribution in [1.82, 2.24) is 15.5 Å². The fraction of sp³-hybridized carbons (Fsp3) is 0.867. The van der Waals surface area contributed by atoms with Gasteiger partial charge in [0.05, 0.1) is 6.61 Å². The number of piperidine rings is 1. The summed E-state index contributed by atoms with van der Waals surface area (Å²) in [5.74, 6) is 0.804. The van der Waals surface area contributed by atoms with Crippen molar-refractivity contribution in [2.45, 2.75) is 45.1 Å². The van der Waals surface area contributed by atoms with Crippen molar-refractivity contribution >= 4 is 12.0 Å². The fourth-order valence-electron chi connectivity index (χ4n) is 3.02. The Morgan fingerprint density at radius 1 is 1.29 bits per heavy atom. The number of ether oxygens (including phenoxy) is 1. The molecule has 2 fully saturated rings. The van der Waals surface area contributed by atoms with E-state index in [9.17, 15) is 9.59 Å². The summed E-state index contributed by atoms with van der Waals surface area (Å²) in [6.45, 7) is 5.67. The molecule has 0 aliphatic carbocycles. The molecular weight excluding hydrogens is 270 g/mol. The molecule has 6 nitrogen and oxygen atoms in total. The van der Waals surface area contributed by atoms with Gasteiger partial charge in [-0.3, -0.25) is 4.79 Å². The van der Waals surface area contributed by atoms with Gasteiger partial charge >= 0.3 is 6.09 Å². The highest BCUT2D eigenvalue weighted by molar-refractivity contribution is 5.76. The van der Waals surface area contributed by atoms with Crippen LogP contribution in [0.4, 0.5) is 4.79 Å². The molecule has 2 N–H and O–H groups in total. The first kappa shape index (κ1) is 16.1. The van der Waals surface area contributed by atoms with Gasteiger partial charge in [-0.25, -0.2) is 4.79 Å². The Morgan fingerprint density at radius 2 is 2.05 bits per heavy atom. The zero-order valence-electron chi connectivity index (χ0n) is 12.9. The molecule has 120 valence electrons. The second-order valence-corrected chi connectivity index (χ2v) is 5.93. The van der Waals surface area contributed by atoms with Crippen LogP contribution in [-0.4, -0.2) is 55.7 Å². The maximum atomic E-state index is 11.9. The Morgan fingerprint density at radius 3 is 2.67 bits per heavy atom. The molecule has 6 heteroatoms. The molecule has 0 spiro atoms. The topological polar surface area (TPSA) is 70.7 Å². The molecule has 0 radical (unpaired) electrons. The van der Waals surface area contributed by atoms with Crippen molar-refractivity contribution in [3.63, 3.8) is 0 Å². The second-order valence-electron chi connectivity index (χ2n) is 5.93. The number of hydrogen-bond acceptors (Lipinski definition) is 4. The first-order valence-corrected chi connectivity index (χ1v) is 8.10. The molecule has 0 aromatic heterocycles. The van der Waals surface area contributed by atoms with E-state index >= 15 is 0 Å². The Labute approximate surface area is 126 Å². The van der Waals surface area contributed by atoms with Crippen LogP contribution in [0.25, 0.3) is 0 Å². The van der Waals surface area contributed by atoms with Crippen LogP contribution in [0.5, 0.6) is 0 Å². The summed E-state index contributed by atoms with van der Waals surface area (Å²) in [4.78, 5) is 25.3. The minimum absolute atomic E-state index is 0.150. The van der Waals surface area contributed by atoms with E-state index in [4.69, 9.17) is 4.74 Å². The number of carbonyl (C=O) groups excluding carboxylic acids is 2. The third-order valence-electron chi connectivity index (χ3n) is 4.33. The summed E-state index contributed by atoms with van der Waals surface area (Å²) in [6.07, 6.45) is 4.16. The maximum absolute atomic E-state index is 11.9. The summed E-state index contributed by atoms with van der Waals surface area (Å²) in [7, 11) is 0. The van der Waals surface area contributed by atoms with E-state index in [0.717, 1.165) is 32.4 Å². The highest BCUT2D eigenvalue weighted by atomic mass is 16.6. The van der Waals surface area contributed by atoms with Crippen LogP contribution < -0.4 is 10.6 Å². The van der Waals surface area contributed by atoms with Crippen molar-refractivity contribution in [3.8, 4) is 0 Å². The largest absolute Gasteiger partial charge is 0.450 e. The quantitative estimate of drug-likeness (QED) is 0.797. The lowest BCUT2D eigenvalue weighted by Gasteiger charge is -2.31. The zero-order valence-corrected chi connectivity index (χ0v) is 12.9. The summed E-state index contributed by atoms with van der Waals surface area (Å²) >= 11 is 0. The minimum Gasteiger partial charge on any atom is -0.450 e. The molecule has 2 amide bonds. The Balaban J connectivity index is 1.61. The molecule has 21 heavy (non-hydrogen) atoms. The molecular formula is C15H27N3O3. The van der Waals surface area contributed by atoms with Gasteiger partial charge in [0.2, 0.25) is 5.91 Å². The van der Waals surface area contributed by atoms with Crippen molar-refractivity contribution < 1.29 is 14.3 Å². The molecule has 1 unspecified atom stereocenters. The van der Waals surface area contributed by atoms with Gasteiger partial charge in [-0.1, -0.05) is 0 Å². The molecule has 2 aliphatic rings. The van der Waals surface area contributed by atoms with Gasteiger partial charge in [-0.05, 0) is 51.6 Å². The predicted octanol–water partition coefficient (Wildman–Crippen LogP) is 1.11. The lowest BCUT2D eigenvalue weighted by atomic mass is 10.0. The van der Waals surface area contributed by atoms with Crippen LogP contribution in [0.3, 0.4) is 0 Å². The smallest absolute Gasteiger partial charge is 0.409 e. The normalized spacial score (nSPS) is 23.1. The van der Waals surface area contributed by atoms with Gasteiger partial charge in [0.25, 0.3) is 0 Å². The van der Waals surface area contributed by atoms with E-state index in [0.29, 0.717) is 32.0 Å². The molecule has 2 rings (SSSR count). The number of nitrogens with one attached hydrogen (secondary N) is 2. The first-order valence-electron chi connectivity index (χ1n) is 8.10. The summed E-state index contributed by atoms with van der Waals surface area (Å²) in [6, 6.07) is 0.199. The van der Waals surface area contributed by atoms with Crippen LogP contribution in [0.1, 0.15) is 39.0 Å². The van der Waals surface area contributed by atoms with E-state index in [-0.39, 0.29) is 18.0 Å². The molecule has 2 saturated heterocycles. The van der Waals surface area contributed by atoms with Crippen molar-refractivity contribution in [2.75, 3.05) is 32.8 Å². The minimum atomic E-state index is -0.240. The predicted molar refractivity (Wildman–Crippen MR) is 80.0 cm³/mol. The standard InChI is InChI=1S/C15H27N3O3/c1-2-21-15(20)18-9-6-13(7-10-18)17-14(19)4-3-12-5-8-16-11-12/h12-13,16H,2-11H2,1H3,(H,17,19). The van der Waals surface area contributed by atoms with E-state index in [1.807, 2.05) is 6.92 Å². The third kappa shape index (κ3) is 5.19. The number of nitrogens with zero attached hydrogens (tertiary/aromatic N) is 1. The zero-order chi connectivity index (χ0) is 15.1. The van der Waals surface area contributed by atoms with Gasteiger partial charge in [-0.2, -0.15) is 0 Å². The summed E-state index contributed by atoms with van der Waals surface area (Å²) in [5, 5.41) is 6.42. The molecule has 0 saturated carbocycles. The SMILES string of the molecule is CCOC(=O)N1CCC(NC(=O)CCC2CCNC2)CC1. The Hall–Kier alpha value is -1.30. The highest BCUT2D eigenvalue weighted by Crippen LogP contribution is 2.15. The maximum Gasteiger partial charge on any atom is 0.409 e. The molecule has 0 aromatic carbocycles. The van der Waals surface area contributed by atoms with Crippen LogP contribution in [0, 0.1) is 5.92 Å². The molecule has 0 bridgehead atoms. The van der Waals surface area contributed by atoms with Gasteiger partial charge < -0.3 is 20.3 Å². The molecule has 2 aliphatic heterocycles. The average molecular weight is 297 g/mol. The summed E-state index contributed by atoms with van der Waals surface area (Å²) < 4.78 is 4.99. The second kappa shape index (κ2) is 8.22. The van der Waals surface area contributed by atoms with Crippen molar-refractivity contribution in [1.29, 1.82) is 0 Å². The van der Waals surface area contributed by atoms with Crippen LogP contribution in [-0.2, 0) is 9.53 Å². The number of likely N-dealkylation sites (tertiary alicyclic amines) is 1. The van der Waals surface area contributed by atoms with Crippen LogP contribution >= 0.6 is 0 Å². The number of hydrogen-bond donors (Lipinski definition) is 2. The Kier molecular flexibility index (Phi) is 6.29. The number of rotatable bonds is 5. The first-order chi connectivity index (χ1) is 10.2. The van der Waals surface area contributed by atoms with E-state index in [2.05, 4.69) is 10.6 Å². The lowest BCUT2D eigenvalue weighted by Crippen LogP contribution is -2.46. The fourth-order valence-corrected chi connectivity index (χ4v) is 3.02. The number of amides is 2. The van der Waals surface area contributed by atoms with Crippen molar-refractivity contribution in [3.05, 3.63) is 0 Å². The van der Waals surface area contributed by atoms with Crippen LogP contribution in [0.15, 0.2) is 0 Å². The monoisotopic (exact) mass is 297 g/mol. The van der Waals surface area contributed by atoms with Crippen molar-refractivity contribution in [2.24, 2.45) is 5.92 Å². The highest BCUT2D eigenvalue weighted by Gasteiger charge is 2.24. The third-order valence-corrected chi connectivity index (χ3v) is 4.33.